The van der Waals surface area contributed by atoms with E-state index in [9.17, 15) is 12.8 Å². The van der Waals surface area contributed by atoms with Crippen LogP contribution in [0.3, 0.4) is 0 Å². The van der Waals surface area contributed by atoms with Crippen molar-refractivity contribution in [2.24, 2.45) is 0 Å². The third-order valence-electron chi connectivity index (χ3n) is 4.20. The lowest BCUT2D eigenvalue weighted by Crippen LogP contribution is -2.38. The summed E-state index contributed by atoms with van der Waals surface area (Å²) in [6.07, 6.45) is 0.948. The van der Waals surface area contributed by atoms with E-state index in [-0.39, 0.29) is 18.0 Å². The molecule has 0 aromatic heterocycles. The van der Waals surface area contributed by atoms with Crippen LogP contribution in [-0.4, -0.2) is 33.9 Å². The zero-order chi connectivity index (χ0) is 19.4. The molecule has 6 nitrogen and oxygen atoms in total. The van der Waals surface area contributed by atoms with Crippen LogP contribution in [0.25, 0.3) is 0 Å². The summed E-state index contributed by atoms with van der Waals surface area (Å²) in [6, 6.07) is 11.7. The molecule has 2 N–H and O–H groups in total. The Balaban J connectivity index is 1.48. The van der Waals surface area contributed by atoms with Gasteiger partial charge in [-0.15, -0.1) is 0 Å². The molecule has 3 rings (SSSR count). The van der Waals surface area contributed by atoms with E-state index >= 15 is 0 Å². The molecule has 1 heterocycles. The lowest BCUT2D eigenvalue weighted by Gasteiger charge is -2.26. The third kappa shape index (κ3) is 5.66. The fraction of sp³-hybridized carbons (Fsp3) is 0.368. The van der Waals surface area contributed by atoms with Gasteiger partial charge in [0.25, 0.3) is 0 Å². The van der Waals surface area contributed by atoms with Crippen LogP contribution in [0.4, 0.5) is 4.39 Å². The molecule has 8 heteroatoms. The second-order valence-corrected chi connectivity index (χ2v) is 8.41. The number of nitrogens with one attached hydrogen (secondary N) is 2. The van der Waals surface area contributed by atoms with Crippen molar-refractivity contribution in [3.63, 3.8) is 0 Å². The van der Waals surface area contributed by atoms with Gasteiger partial charge >= 0.3 is 0 Å². The van der Waals surface area contributed by atoms with Crippen molar-refractivity contribution in [1.82, 2.24) is 10.0 Å². The van der Waals surface area contributed by atoms with Gasteiger partial charge in [0.05, 0.1) is 6.26 Å². The summed E-state index contributed by atoms with van der Waals surface area (Å²) in [6.45, 7) is 3.39. The number of benzene rings is 2. The van der Waals surface area contributed by atoms with E-state index in [0.29, 0.717) is 31.2 Å². The molecular formula is C19H23FN2O4S. The second-order valence-electron chi connectivity index (χ2n) is 6.63. The average molecular weight is 394 g/mol. The molecule has 2 aromatic carbocycles. The number of sulfonamides is 1. The van der Waals surface area contributed by atoms with Crippen molar-refractivity contribution in [3.8, 4) is 11.5 Å². The summed E-state index contributed by atoms with van der Waals surface area (Å²) >= 11 is 0. The van der Waals surface area contributed by atoms with Gasteiger partial charge in [-0.2, -0.15) is 0 Å². The zero-order valence-electron chi connectivity index (χ0n) is 15.2. The minimum absolute atomic E-state index is 0.197. The van der Waals surface area contributed by atoms with E-state index in [2.05, 4.69) is 10.0 Å². The Kier molecular flexibility index (Phi) is 5.98. The summed E-state index contributed by atoms with van der Waals surface area (Å²) in [7, 11) is -3.24. The van der Waals surface area contributed by atoms with Crippen LogP contribution in [0.1, 0.15) is 24.1 Å². The van der Waals surface area contributed by atoms with E-state index < -0.39 is 10.0 Å². The highest BCUT2D eigenvalue weighted by atomic mass is 32.2. The minimum Gasteiger partial charge on any atom is -0.486 e. The number of rotatable bonds is 7. The van der Waals surface area contributed by atoms with Gasteiger partial charge in [-0.05, 0) is 30.2 Å². The van der Waals surface area contributed by atoms with Gasteiger partial charge in [-0.1, -0.05) is 24.3 Å². The van der Waals surface area contributed by atoms with Crippen molar-refractivity contribution in [3.05, 3.63) is 59.4 Å². The molecule has 2 atom stereocenters. The van der Waals surface area contributed by atoms with E-state index in [1.54, 1.807) is 13.0 Å². The van der Waals surface area contributed by atoms with Crippen LogP contribution < -0.4 is 19.5 Å². The maximum absolute atomic E-state index is 13.3. The highest BCUT2D eigenvalue weighted by Crippen LogP contribution is 2.31. The summed E-state index contributed by atoms with van der Waals surface area (Å²) in [4.78, 5) is 0. The fourth-order valence-corrected chi connectivity index (χ4v) is 3.66. The Bertz CT molecular complexity index is 887. The SMILES string of the molecule is C[C@@H](NS(C)(=O)=O)c1ccc(CNCC2COc3ccc(F)cc3O2)cc1. The molecule has 0 radical (unpaired) electrons. The molecule has 1 unspecified atom stereocenters. The molecule has 0 amide bonds. The second kappa shape index (κ2) is 8.24. The standard InChI is InChI=1S/C19H23FN2O4S/c1-13(22-27(2,23)24)15-5-3-14(4-6-15)10-21-11-17-12-25-18-8-7-16(20)9-19(18)26-17/h3-9,13,17,21-22H,10-12H2,1-2H3/t13-,17?/m1/s1. The predicted molar refractivity (Wildman–Crippen MR) is 101 cm³/mol. The van der Waals surface area contributed by atoms with Crippen molar-refractivity contribution in [2.75, 3.05) is 19.4 Å². The molecule has 146 valence electrons. The summed E-state index contributed by atoms with van der Waals surface area (Å²) in [5, 5.41) is 3.29. The average Bonchev–Trinajstić information content (AvgIpc) is 2.60. The Morgan fingerprint density at radius 3 is 2.63 bits per heavy atom. The van der Waals surface area contributed by atoms with E-state index in [1.165, 1.54) is 12.1 Å². The summed E-state index contributed by atoms with van der Waals surface area (Å²) in [5.41, 5.74) is 1.96. The maximum Gasteiger partial charge on any atom is 0.209 e. The highest BCUT2D eigenvalue weighted by molar-refractivity contribution is 7.88. The van der Waals surface area contributed by atoms with Gasteiger partial charge in [0.2, 0.25) is 10.0 Å². The van der Waals surface area contributed by atoms with E-state index in [0.717, 1.165) is 17.4 Å². The molecule has 0 spiro atoms. The number of halogens is 1. The molecule has 1 aliphatic heterocycles. The minimum atomic E-state index is -3.24. The lowest BCUT2D eigenvalue weighted by atomic mass is 10.1. The largest absolute Gasteiger partial charge is 0.486 e. The molecule has 27 heavy (non-hydrogen) atoms. The first-order valence-electron chi connectivity index (χ1n) is 8.66. The quantitative estimate of drug-likeness (QED) is 0.754. The van der Waals surface area contributed by atoms with E-state index in [1.807, 2.05) is 24.3 Å². The number of ether oxygens (including phenoxy) is 2. The van der Waals surface area contributed by atoms with Crippen molar-refractivity contribution in [2.45, 2.75) is 25.6 Å². The zero-order valence-corrected chi connectivity index (χ0v) is 16.1. The fourth-order valence-electron chi connectivity index (χ4n) is 2.88. The van der Waals surface area contributed by atoms with Crippen LogP contribution in [-0.2, 0) is 16.6 Å². The van der Waals surface area contributed by atoms with Gasteiger partial charge in [-0.25, -0.2) is 17.5 Å². The van der Waals surface area contributed by atoms with Gasteiger partial charge < -0.3 is 14.8 Å². The Morgan fingerprint density at radius 1 is 1.19 bits per heavy atom. The van der Waals surface area contributed by atoms with Crippen LogP contribution in [0.5, 0.6) is 11.5 Å². The molecule has 0 aliphatic carbocycles. The number of fused-ring (bicyclic) bond motifs is 1. The molecule has 2 aromatic rings. The molecule has 1 aliphatic rings. The van der Waals surface area contributed by atoms with Crippen LogP contribution in [0.2, 0.25) is 0 Å². The lowest BCUT2D eigenvalue weighted by molar-refractivity contribution is 0.0896. The van der Waals surface area contributed by atoms with Crippen LogP contribution >= 0.6 is 0 Å². The summed E-state index contributed by atoms with van der Waals surface area (Å²) in [5.74, 6) is 0.621. The first-order chi connectivity index (χ1) is 12.8. The summed E-state index contributed by atoms with van der Waals surface area (Å²) < 4.78 is 49.8. The molecular weight excluding hydrogens is 371 g/mol. The molecule has 0 saturated heterocycles. The van der Waals surface area contributed by atoms with Gasteiger partial charge in [0.1, 0.15) is 18.5 Å². The molecule has 0 bridgehead atoms. The van der Waals surface area contributed by atoms with Gasteiger partial charge in [-0.3, -0.25) is 0 Å². The first kappa shape index (κ1) is 19.6. The normalized spacial score (nSPS) is 17.5. The topological polar surface area (TPSA) is 76.7 Å². The monoisotopic (exact) mass is 394 g/mol. The smallest absolute Gasteiger partial charge is 0.209 e. The first-order valence-corrected chi connectivity index (χ1v) is 10.5. The van der Waals surface area contributed by atoms with Crippen LogP contribution in [0, 0.1) is 5.82 Å². The maximum atomic E-state index is 13.3. The van der Waals surface area contributed by atoms with Crippen molar-refractivity contribution >= 4 is 10.0 Å². The van der Waals surface area contributed by atoms with Gasteiger partial charge in [0, 0.05) is 25.2 Å². The Morgan fingerprint density at radius 2 is 1.93 bits per heavy atom. The number of hydrogen-bond acceptors (Lipinski definition) is 5. The van der Waals surface area contributed by atoms with Gasteiger partial charge in [0.15, 0.2) is 11.5 Å². The van der Waals surface area contributed by atoms with Crippen LogP contribution in [0.15, 0.2) is 42.5 Å². The third-order valence-corrected chi connectivity index (χ3v) is 4.98. The number of hydrogen-bond donors (Lipinski definition) is 2. The molecule has 0 fully saturated rings. The predicted octanol–water partition coefficient (Wildman–Crippen LogP) is 2.37. The Labute approximate surface area is 158 Å². The van der Waals surface area contributed by atoms with Crippen molar-refractivity contribution < 1.29 is 22.3 Å². The van der Waals surface area contributed by atoms with E-state index in [4.69, 9.17) is 9.47 Å². The highest BCUT2D eigenvalue weighted by Gasteiger charge is 2.21. The van der Waals surface area contributed by atoms with Crippen molar-refractivity contribution in [1.29, 1.82) is 0 Å². The Hall–Kier alpha value is -2.16. The molecule has 0 saturated carbocycles.